The van der Waals surface area contributed by atoms with Crippen molar-refractivity contribution in [2.45, 2.75) is 59.8 Å². The Kier molecular flexibility index (Phi) is 21.7. The first kappa shape index (κ1) is 66.0. The van der Waals surface area contributed by atoms with Crippen LogP contribution in [-0.2, 0) is 53.9 Å². The van der Waals surface area contributed by atoms with E-state index in [2.05, 4.69) is 16.0 Å². The van der Waals surface area contributed by atoms with Crippen LogP contribution in [0.1, 0.15) is 0 Å². The van der Waals surface area contributed by atoms with E-state index in [0.717, 1.165) is 88.7 Å². The second-order valence-corrected chi connectivity index (χ2v) is 27.3. The van der Waals surface area contributed by atoms with E-state index >= 15 is 14.4 Å². The number of sulfonamides is 3. The molecule has 6 aromatic carbocycles. The number of nitro groups is 3. The van der Waals surface area contributed by atoms with Crippen molar-refractivity contribution in [2.24, 2.45) is 15.4 Å². The van der Waals surface area contributed by atoms with Gasteiger partial charge in [-0.2, -0.15) is 0 Å². The second-order valence-electron chi connectivity index (χ2n) is 19.3. The fourth-order valence-electron chi connectivity index (χ4n) is 9.29. The number of nitrogens with two attached hydrogens (primary N) is 3. The van der Waals surface area contributed by atoms with Crippen LogP contribution in [0, 0.1) is 30.3 Å². The number of thioether (sulfide) groups is 3. The Hall–Kier alpha value is -7.97. The third-order valence-corrected chi connectivity index (χ3v) is 19.6. The van der Waals surface area contributed by atoms with Crippen molar-refractivity contribution in [2.75, 3.05) is 72.7 Å². The summed E-state index contributed by atoms with van der Waals surface area (Å²) in [5, 5.41) is 62.9. The number of rotatable bonds is 26. The van der Waals surface area contributed by atoms with E-state index in [1.807, 2.05) is 0 Å². The lowest BCUT2D eigenvalue weighted by molar-refractivity contribution is -0.384. The van der Waals surface area contributed by atoms with Gasteiger partial charge in [-0.05, 0) is 72.8 Å². The zero-order valence-electron chi connectivity index (χ0n) is 45.9. The van der Waals surface area contributed by atoms with Gasteiger partial charge in [0.05, 0.1) is 55.9 Å². The number of nitrogens with zero attached hydrogens (tertiary/aromatic N) is 6. The molecule has 8 rings (SSSR count). The highest BCUT2D eigenvalue weighted by molar-refractivity contribution is 8.00. The zero-order valence-corrected chi connectivity index (χ0v) is 50.8. The van der Waals surface area contributed by atoms with Gasteiger partial charge in [0.15, 0.2) is 0 Å². The molecule has 9 N–H and O–H groups in total. The van der Waals surface area contributed by atoms with Crippen molar-refractivity contribution in [3.8, 4) is 0 Å². The Morgan fingerprint density at radius 3 is 1.09 bits per heavy atom. The maximum atomic E-state index is 16.4. The van der Waals surface area contributed by atoms with Gasteiger partial charge in [-0.1, -0.05) is 54.6 Å². The molecule has 35 heteroatoms. The number of hydrogen-bond donors (Lipinski definition) is 6. The zero-order chi connectivity index (χ0) is 63.5. The Bertz CT molecular complexity index is 3750. The Labute approximate surface area is 516 Å². The van der Waals surface area contributed by atoms with Crippen LogP contribution in [0.2, 0.25) is 0 Å². The maximum Gasteiger partial charge on any atom is 0.293 e. The Morgan fingerprint density at radius 1 is 0.500 bits per heavy atom. The third kappa shape index (κ3) is 16.8. The lowest BCUT2D eigenvalue weighted by Gasteiger charge is -2.51. The van der Waals surface area contributed by atoms with Crippen LogP contribution in [0.5, 0.6) is 0 Å². The molecule has 5 unspecified atom stereocenters. The van der Waals surface area contributed by atoms with Gasteiger partial charge in [0.1, 0.15) is 47.5 Å². The number of hydrogen-bond acceptors (Lipinski definition) is 23. The first-order valence-electron chi connectivity index (χ1n) is 26.1. The molecule has 0 bridgehead atoms. The summed E-state index contributed by atoms with van der Waals surface area (Å²) >= 11 is 3.43. The van der Waals surface area contributed by atoms with Crippen LogP contribution in [0.15, 0.2) is 175 Å². The van der Waals surface area contributed by atoms with Crippen LogP contribution < -0.4 is 31.4 Å². The lowest BCUT2D eigenvalue weighted by atomic mass is 10.1. The van der Waals surface area contributed by atoms with Gasteiger partial charge in [-0.3, -0.25) is 49.6 Å². The fraction of sp³-hybridized carbons (Fsp3) is 0.264. The van der Waals surface area contributed by atoms with Crippen LogP contribution in [0.25, 0.3) is 0 Å². The van der Waals surface area contributed by atoms with E-state index in [1.54, 1.807) is 91.0 Å². The highest BCUT2D eigenvalue weighted by atomic mass is 32.2. The molecule has 2 aliphatic heterocycles. The highest BCUT2D eigenvalue weighted by Crippen LogP contribution is 2.35. The van der Waals surface area contributed by atoms with E-state index in [0.29, 0.717) is 20.8 Å². The molecule has 5 atom stereocenters. The molecular weight excluding hydrogens is 1270 g/mol. The van der Waals surface area contributed by atoms with Crippen LogP contribution >= 0.6 is 35.3 Å². The number of primary sulfonamides is 3. The number of ether oxygens (including phenoxy) is 2. The monoisotopic (exact) mass is 1320 g/mol. The number of morpholine rings is 2. The molecule has 0 aromatic heterocycles. The van der Waals surface area contributed by atoms with Crippen molar-refractivity contribution < 1.29 is 63.9 Å². The summed E-state index contributed by atoms with van der Waals surface area (Å²) in [6.45, 7) is -1.88. The molecular formula is C53H56N12O17S6. The molecule has 88 heavy (non-hydrogen) atoms. The smallest absolute Gasteiger partial charge is 0.293 e. The molecule has 6 aromatic rings. The maximum absolute atomic E-state index is 16.4. The summed E-state index contributed by atoms with van der Waals surface area (Å²) in [6.07, 6.45) is -3.13. The minimum Gasteiger partial charge on any atom is -0.376 e. The number of anilines is 3. The van der Waals surface area contributed by atoms with E-state index in [1.165, 1.54) is 9.80 Å². The normalized spacial score (nSPS) is 16.5. The van der Waals surface area contributed by atoms with Crippen molar-refractivity contribution in [3.63, 3.8) is 0 Å². The molecule has 29 nitrogen and oxygen atoms in total. The first-order valence-corrected chi connectivity index (χ1v) is 33.7. The summed E-state index contributed by atoms with van der Waals surface area (Å²) in [6, 6.07) is 29.9. The second kappa shape index (κ2) is 28.9. The van der Waals surface area contributed by atoms with Gasteiger partial charge < -0.3 is 35.2 Å². The highest BCUT2D eigenvalue weighted by Gasteiger charge is 2.47. The average molecular weight is 1330 g/mol. The Morgan fingerprint density at radius 2 is 0.795 bits per heavy atom. The topological polar surface area (TPSA) is 425 Å². The summed E-state index contributed by atoms with van der Waals surface area (Å²) in [7, 11) is -13.5. The molecule has 2 heterocycles. The number of amides is 3. The van der Waals surface area contributed by atoms with Gasteiger partial charge >= 0.3 is 0 Å². The largest absolute Gasteiger partial charge is 0.376 e. The third-order valence-electron chi connectivity index (χ3n) is 13.5. The minimum absolute atomic E-state index is 0.157. The van der Waals surface area contributed by atoms with E-state index in [9.17, 15) is 55.6 Å². The van der Waals surface area contributed by atoms with E-state index in [4.69, 9.17) is 24.9 Å². The molecule has 2 saturated heterocycles. The molecule has 3 amide bonds. The predicted molar refractivity (Wildman–Crippen MR) is 327 cm³/mol. The van der Waals surface area contributed by atoms with Gasteiger partial charge in [-0.15, -0.1) is 35.3 Å². The Balaban J connectivity index is 1.29. The number of nitro benzene ring substituents is 3. The number of carbonyl (C=O) groups excluding carboxylic acids is 3. The molecule has 0 aliphatic carbocycles. The van der Waals surface area contributed by atoms with Crippen molar-refractivity contribution in [3.05, 3.63) is 176 Å². The first-order chi connectivity index (χ1) is 41.8. The summed E-state index contributed by atoms with van der Waals surface area (Å²) in [4.78, 5) is 87.0. The van der Waals surface area contributed by atoms with Crippen LogP contribution in [0.3, 0.4) is 0 Å². The summed E-state index contributed by atoms with van der Waals surface area (Å²) in [5.74, 6) is -3.16. The van der Waals surface area contributed by atoms with E-state index in [-0.39, 0.29) is 60.6 Å². The van der Waals surface area contributed by atoms with Crippen LogP contribution in [0.4, 0.5) is 34.1 Å². The molecule has 0 saturated carbocycles. The molecule has 466 valence electrons. The summed E-state index contributed by atoms with van der Waals surface area (Å²) in [5.41, 5.74) is -3.32. The minimum atomic E-state index is -4.51. The SMILES string of the molecule is NS(=O)(=O)c1ccc(NC(CSc2ccccc2)C(=O)N2CCOCC2N(C(=O)C(CSc2ccccc2)Nc2ccc(S(N)(=O)=O)cc2[N+](=O)[O-])C2COCCN2C(=O)C(CSc2ccccc2)Nc2ccc(S(N)(=O)=O)cc2[N+](=O)[O-])c([N+](=O)[O-])c1. The van der Waals surface area contributed by atoms with Gasteiger partial charge in [0, 0.05) is 63.2 Å². The van der Waals surface area contributed by atoms with Gasteiger partial charge in [0.2, 0.25) is 47.8 Å². The quantitative estimate of drug-likeness (QED) is 0.0244. The van der Waals surface area contributed by atoms with Crippen molar-refractivity contribution >= 4 is 117 Å². The van der Waals surface area contributed by atoms with Gasteiger partial charge in [0.25, 0.3) is 17.1 Å². The van der Waals surface area contributed by atoms with Crippen molar-refractivity contribution in [1.82, 2.24) is 14.7 Å². The molecule has 0 radical (unpaired) electrons. The molecule has 0 spiro atoms. The molecule has 2 aliphatic rings. The number of benzene rings is 6. The van der Waals surface area contributed by atoms with Gasteiger partial charge in [-0.25, -0.2) is 40.7 Å². The number of carbonyl (C=O) groups is 3. The lowest BCUT2D eigenvalue weighted by Crippen LogP contribution is -2.71. The van der Waals surface area contributed by atoms with Crippen LogP contribution in [-0.4, -0.2) is 160 Å². The predicted octanol–water partition coefficient (Wildman–Crippen LogP) is 4.67. The van der Waals surface area contributed by atoms with Crippen molar-refractivity contribution in [1.29, 1.82) is 0 Å². The average Bonchev–Trinajstić information content (AvgIpc) is 3.55. The standard InChI is InChI=1S/C53H56N12O17S6/c54-86(75,76)37-16-19-40(46(26-37)63(69)70)57-43(31-83-34-10-4-1-5-11-34)51(66)60-22-24-81-29-49(60)62(53(68)45(33-85-36-14-8-3-9-15-36)59-42-21-18-39(88(56,79)80)28-48(42)65(73)74)50-30-82-25-23-61(50)52(67)44(32-84-35-12-6-2-7-13-35)58-41-20-17-38(87(55,77)78)27-47(41)64(71)72/h1-21,26-28,43-45,49-50,57-59H,22-25,29-33H2,(H2,54,75,76)(H2,55,77,78)(H2,56,79,80). The molecule has 2 fully saturated rings. The fourth-order valence-corrected chi connectivity index (χ4v) is 13.7. The van der Waals surface area contributed by atoms with E-state index < -0.39 is 138 Å². The summed E-state index contributed by atoms with van der Waals surface area (Å²) < 4.78 is 86.7. The number of nitrogens with one attached hydrogen (secondary N) is 3.